The zero-order chi connectivity index (χ0) is 10.6. The van der Waals surface area contributed by atoms with Crippen molar-refractivity contribution >= 4 is 5.97 Å². The molecular formula is C6H12CuO8. The van der Waals surface area contributed by atoms with Crippen LogP contribution in [0, 0.1) is 0 Å². The summed E-state index contributed by atoms with van der Waals surface area (Å²) in [5, 5.41) is 53.4. The van der Waals surface area contributed by atoms with Crippen LogP contribution in [0.5, 0.6) is 0 Å². The first kappa shape index (κ1) is 20.2. The number of rotatable bonds is 5. The summed E-state index contributed by atoms with van der Waals surface area (Å²) in [4.78, 5) is 9.98. The zero-order valence-electron chi connectivity index (χ0n) is 7.32. The fourth-order valence-electron chi connectivity index (χ4n) is 0.662. The largest absolute Gasteiger partial charge is 2.00 e. The molecule has 8 nitrogen and oxygen atoms in total. The van der Waals surface area contributed by atoms with Crippen LogP contribution in [0.3, 0.4) is 0 Å². The Bertz CT molecular complexity index is 177. The van der Waals surface area contributed by atoms with Gasteiger partial charge >= 0.3 is 17.1 Å². The van der Waals surface area contributed by atoms with Crippen LogP contribution in [0.1, 0.15) is 0 Å². The van der Waals surface area contributed by atoms with Crippen molar-refractivity contribution in [2.75, 3.05) is 6.61 Å². The van der Waals surface area contributed by atoms with Crippen molar-refractivity contribution in [1.29, 1.82) is 0 Å². The van der Waals surface area contributed by atoms with Gasteiger partial charge in [0.2, 0.25) is 0 Å². The summed E-state index contributed by atoms with van der Waals surface area (Å²) in [5.74, 6) is -1.98. The molecule has 0 saturated carbocycles. The molecule has 0 aromatic heterocycles. The van der Waals surface area contributed by atoms with E-state index in [1.807, 2.05) is 0 Å². The Morgan fingerprint density at radius 3 is 1.80 bits per heavy atom. The van der Waals surface area contributed by atoms with Gasteiger partial charge < -0.3 is 40.9 Å². The average Bonchev–Trinajstić information content (AvgIpc) is 2.12. The Kier molecular flexibility index (Phi) is 12.1. The van der Waals surface area contributed by atoms with Crippen molar-refractivity contribution in [3.63, 3.8) is 0 Å². The van der Waals surface area contributed by atoms with E-state index in [2.05, 4.69) is 0 Å². The third-order valence-electron chi connectivity index (χ3n) is 1.50. The Hall–Kier alpha value is -0.251. The van der Waals surface area contributed by atoms with Gasteiger partial charge in [-0.25, -0.2) is 0 Å². The predicted molar refractivity (Wildman–Crippen MR) is 38.1 cm³/mol. The van der Waals surface area contributed by atoms with Gasteiger partial charge in [0.15, 0.2) is 0 Å². The fraction of sp³-hybridized carbons (Fsp3) is 0.833. The maximum absolute atomic E-state index is 9.98. The van der Waals surface area contributed by atoms with E-state index in [4.69, 9.17) is 25.5 Å². The van der Waals surface area contributed by atoms with Gasteiger partial charge in [0, 0.05) is 0 Å². The topological polar surface area (TPSA) is 171 Å². The van der Waals surface area contributed by atoms with Crippen molar-refractivity contribution < 1.29 is 58.0 Å². The zero-order valence-corrected chi connectivity index (χ0v) is 8.26. The minimum atomic E-state index is -2.31. The molecule has 1 radical (unpaired) electrons. The van der Waals surface area contributed by atoms with Gasteiger partial charge in [0.25, 0.3) is 0 Å². The Labute approximate surface area is 95.6 Å². The van der Waals surface area contributed by atoms with E-state index in [-0.39, 0.29) is 22.5 Å². The maximum atomic E-state index is 9.98. The molecule has 6 N–H and O–H groups in total. The van der Waals surface area contributed by atoms with E-state index in [0.29, 0.717) is 0 Å². The second kappa shape index (κ2) is 9.01. The van der Waals surface area contributed by atoms with Crippen LogP contribution in [0.15, 0.2) is 0 Å². The monoisotopic (exact) mass is 275 g/mol. The molecule has 15 heavy (non-hydrogen) atoms. The number of carboxylic acid groups (broad SMARTS) is 1. The van der Waals surface area contributed by atoms with E-state index in [9.17, 15) is 9.90 Å². The van der Waals surface area contributed by atoms with E-state index in [1.54, 1.807) is 0 Å². The smallest absolute Gasteiger partial charge is 0.870 e. The summed E-state index contributed by atoms with van der Waals surface area (Å²) in [6, 6.07) is 0. The second-order valence-electron chi connectivity index (χ2n) is 2.49. The number of carbonyl (C=O) groups excluding carboxylic acids is 1. The quantitative estimate of drug-likeness (QED) is 0.310. The van der Waals surface area contributed by atoms with Crippen molar-refractivity contribution in [2.24, 2.45) is 0 Å². The van der Waals surface area contributed by atoms with E-state index in [1.165, 1.54) is 0 Å². The van der Waals surface area contributed by atoms with Crippen LogP contribution < -0.4 is 5.11 Å². The van der Waals surface area contributed by atoms with Crippen LogP contribution in [0.2, 0.25) is 0 Å². The number of aliphatic hydroxyl groups excluding tert-OH is 5. The van der Waals surface area contributed by atoms with E-state index in [0.717, 1.165) is 0 Å². The van der Waals surface area contributed by atoms with Gasteiger partial charge in [-0.05, 0) is 0 Å². The third kappa shape index (κ3) is 6.02. The molecule has 0 heterocycles. The molecule has 0 bridgehead atoms. The van der Waals surface area contributed by atoms with Crippen molar-refractivity contribution in [1.82, 2.24) is 0 Å². The molecule has 0 rings (SSSR count). The van der Waals surface area contributed by atoms with Crippen molar-refractivity contribution in [2.45, 2.75) is 24.4 Å². The summed E-state index contributed by atoms with van der Waals surface area (Å²) < 4.78 is 0. The Morgan fingerprint density at radius 2 is 1.53 bits per heavy atom. The molecule has 0 aromatic rings. The van der Waals surface area contributed by atoms with E-state index < -0.39 is 37.0 Å². The van der Waals surface area contributed by atoms with E-state index >= 15 is 0 Å². The molecule has 0 saturated heterocycles. The summed E-state index contributed by atoms with van der Waals surface area (Å²) in [6.45, 7) is -0.863. The average molecular weight is 276 g/mol. The predicted octanol–water partition coefficient (Wildman–Crippen LogP) is -5.01. The molecule has 0 spiro atoms. The molecule has 0 aromatic carbocycles. The minimum absolute atomic E-state index is 0. The molecule has 0 fully saturated rings. The second-order valence-corrected chi connectivity index (χ2v) is 2.49. The molecule has 0 aliphatic rings. The number of hydrogen-bond acceptors (Lipinski definition) is 8. The Balaban J connectivity index is -0.000000720. The SMILES string of the molecule is O=C([O-])C(O)C(O)C(O)C(O)CO.[Cu+2].[OH-]. The number of carbonyl (C=O) groups is 1. The fourth-order valence-corrected chi connectivity index (χ4v) is 0.662. The van der Waals surface area contributed by atoms with Gasteiger partial charge in [-0.1, -0.05) is 0 Å². The number of carboxylic acids is 1. The third-order valence-corrected chi connectivity index (χ3v) is 1.50. The van der Waals surface area contributed by atoms with Crippen molar-refractivity contribution in [3.8, 4) is 0 Å². The van der Waals surface area contributed by atoms with Crippen LogP contribution in [0.25, 0.3) is 0 Å². The Morgan fingerprint density at radius 1 is 1.13 bits per heavy atom. The van der Waals surface area contributed by atoms with Crippen LogP contribution >= 0.6 is 0 Å². The maximum Gasteiger partial charge on any atom is 2.00 e. The molecular weight excluding hydrogens is 264 g/mol. The summed E-state index contributed by atoms with van der Waals surface area (Å²) in [7, 11) is 0. The number of aliphatic hydroxyl groups is 5. The van der Waals surface area contributed by atoms with Gasteiger partial charge in [0.1, 0.15) is 24.4 Å². The van der Waals surface area contributed by atoms with Gasteiger partial charge in [-0.3, -0.25) is 0 Å². The summed E-state index contributed by atoms with van der Waals surface area (Å²) in [5.41, 5.74) is 0. The minimum Gasteiger partial charge on any atom is -0.870 e. The number of hydrogen-bond donors (Lipinski definition) is 5. The van der Waals surface area contributed by atoms with Crippen molar-refractivity contribution in [3.05, 3.63) is 0 Å². The molecule has 0 amide bonds. The van der Waals surface area contributed by atoms with Gasteiger partial charge in [-0.15, -0.1) is 0 Å². The van der Waals surface area contributed by atoms with Crippen LogP contribution in [-0.2, 0) is 21.9 Å². The normalized spacial score (nSPS) is 17.7. The summed E-state index contributed by atoms with van der Waals surface area (Å²) >= 11 is 0. The van der Waals surface area contributed by atoms with Gasteiger partial charge in [-0.2, -0.15) is 0 Å². The molecule has 9 heteroatoms. The number of aliphatic carboxylic acids is 1. The molecule has 0 aliphatic carbocycles. The standard InChI is InChI=1S/C6H12O7.Cu.H2O/c7-1-2(8)3(9)4(10)5(11)6(12)13;;/h2-5,7-11H,1H2,(H,12,13);;1H2/q;+2;/p-2. The van der Waals surface area contributed by atoms with Gasteiger partial charge in [0.05, 0.1) is 12.6 Å². The molecule has 95 valence electrons. The summed E-state index contributed by atoms with van der Waals surface area (Å²) in [6.07, 6.45) is -8.08. The van der Waals surface area contributed by atoms with Crippen LogP contribution in [-0.4, -0.2) is 68.0 Å². The molecule has 4 unspecified atom stereocenters. The molecule has 4 atom stereocenters. The first-order chi connectivity index (χ1) is 5.91. The first-order valence-electron chi connectivity index (χ1n) is 3.45. The van der Waals surface area contributed by atoms with Crippen LogP contribution in [0.4, 0.5) is 0 Å². The molecule has 0 aliphatic heterocycles. The first-order valence-corrected chi connectivity index (χ1v) is 3.45.